The van der Waals surface area contributed by atoms with Crippen LogP contribution in [0, 0.1) is 11.8 Å². The summed E-state index contributed by atoms with van der Waals surface area (Å²) in [4.78, 5) is 24.4. The minimum Gasteiger partial charge on any atom is -0.434 e. The summed E-state index contributed by atoms with van der Waals surface area (Å²) >= 11 is 0. The lowest BCUT2D eigenvalue weighted by Crippen LogP contribution is -2.38. The van der Waals surface area contributed by atoms with Crippen LogP contribution >= 0.6 is 0 Å². The number of carbonyl (C=O) groups is 2. The topological polar surface area (TPSA) is 71.1 Å². The molecule has 6 heteroatoms. The van der Waals surface area contributed by atoms with Gasteiger partial charge in [-0.25, -0.2) is 9.59 Å². The number of hydrogen-bond acceptors (Lipinski definition) is 6. The Morgan fingerprint density at radius 2 is 0.800 bits per heavy atom. The minimum absolute atomic E-state index is 0.381. The summed E-state index contributed by atoms with van der Waals surface area (Å²) in [6.45, 7) is 9.91. The average molecular weight is 569 g/mol. The van der Waals surface area contributed by atoms with Crippen molar-refractivity contribution in [1.82, 2.24) is 0 Å². The van der Waals surface area contributed by atoms with Crippen LogP contribution in [-0.4, -0.2) is 37.7 Å². The molecule has 236 valence electrons. The first-order valence-corrected chi connectivity index (χ1v) is 17.0. The molecule has 1 saturated carbocycles. The van der Waals surface area contributed by atoms with Crippen molar-refractivity contribution in [1.29, 1.82) is 0 Å². The zero-order valence-electron chi connectivity index (χ0n) is 26.7. The van der Waals surface area contributed by atoms with Crippen molar-refractivity contribution in [3.63, 3.8) is 0 Å². The molecule has 40 heavy (non-hydrogen) atoms. The summed E-state index contributed by atoms with van der Waals surface area (Å²) in [6.07, 6.45) is 23.1. The fourth-order valence-electron chi connectivity index (χ4n) is 5.39. The number of unbranched alkanes of at least 4 members (excludes halogenated alkanes) is 14. The summed E-state index contributed by atoms with van der Waals surface area (Å²) in [5.74, 6) is 1.63. The SMILES string of the molecule is CC(C)CCCCCCCCCCOC(=O)OC1CCCCC1OC(=O)OCCCCCCCCCCC(C)C. The van der Waals surface area contributed by atoms with Crippen molar-refractivity contribution in [3.05, 3.63) is 0 Å². The third-order valence-corrected chi connectivity index (χ3v) is 7.93. The van der Waals surface area contributed by atoms with E-state index >= 15 is 0 Å². The number of hydrogen-bond donors (Lipinski definition) is 0. The third kappa shape index (κ3) is 22.3. The maximum atomic E-state index is 12.2. The van der Waals surface area contributed by atoms with E-state index in [9.17, 15) is 9.59 Å². The lowest BCUT2D eigenvalue weighted by Gasteiger charge is -2.29. The Labute approximate surface area is 247 Å². The van der Waals surface area contributed by atoms with E-state index in [1.54, 1.807) is 0 Å². The van der Waals surface area contributed by atoms with E-state index in [1.165, 1.54) is 89.9 Å². The van der Waals surface area contributed by atoms with Crippen molar-refractivity contribution in [3.8, 4) is 0 Å². The van der Waals surface area contributed by atoms with Crippen LogP contribution < -0.4 is 0 Å². The molecule has 1 fully saturated rings. The molecule has 0 bridgehead atoms. The van der Waals surface area contributed by atoms with Crippen molar-refractivity contribution < 1.29 is 28.5 Å². The summed E-state index contributed by atoms with van der Waals surface area (Å²) in [6, 6.07) is 0. The zero-order valence-corrected chi connectivity index (χ0v) is 26.7. The second kappa shape index (κ2) is 25.3. The lowest BCUT2D eigenvalue weighted by molar-refractivity contribution is -0.0713. The number of rotatable bonds is 24. The smallest absolute Gasteiger partial charge is 0.434 e. The number of carbonyl (C=O) groups excluding carboxylic acids is 2. The molecule has 0 aliphatic heterocycles. The van der Waals surface area contributed by atoms with Crippen LogP contribution in [0.5, 0.6) is 0 Å². The zero-order chi connectivity index (χ0) is 29.3. The monoisotopic (exact) mass is 568 g/mol. The van der Waals surface area contributed by atoms with Gasteiger partial charge < -0.3 is 18.9 Å². The lowest BCUT2D eigenvalue weighted by atomic mass is 9.95. The van der Waals surface area contributed by atoms with Gasteiger partial charge in [-0.05, 0) is 50.4 Å². The van der Waals surface area contributed by atoms with Gasteiger partial charge in [0, 0.05) is 0 Å². The van der Waals surface area contributed by atoms with Crippen LogP contribution in [0.3, 0.4) is 0 Å². The molecule has 2 atom stereocenters. The van der Waals surface area contributed by atoms with E-state index in [-0.39, 0.29) is 0 Å². The Bertz CT molecular complexity index is 553. The summed E-state index contributed by atoms with van der Waals surface area (Å²) in [5, 5.41) is 0. The van der Waals surface area contributed by atoms with Gasteiger partial charge in [0.15, 0.2) is 0 Å². The maximum Gasteiger partial charge on any atom is 0.508 e. The van der Waals surface area contributed by atoms with E-state index in [1.807, 2.05) is 0 Å². The highest BCUT2D eigenvalue weighted by atomic mass is 16.8. The molecule has 0 N–H and O–H groups in total. The van der Waals surface area contributed by atoms with Crippen molar-refractivity contribution in [2.45, 2.75) is 181 Å². The van der Waals surface area contributed by atoms with Crippen LogP contribution in [0.2, 0.25) is 0 Å². The Balaban J connectivity index is 2.03. The second-order valence-electron chi connectivity index (χ2n) is 12.8. The molecule has 0 saturated heterocycles. The van der Waals surface area contributed by atoms with Gasteiger partial charge in [-0.2, -0.15) is 0 Å². The molecule has 1 rings (SSSR count). The highest BCUT2D eigenvalue weighted by molar-refractivity contribution is 5.61. The van der Waals surface area contributed by atoms with E-state index < -0.39 is 24.5 Å². The van der Waals surface area contributed by atoms with E-state index in [4.69, 9.17) is 18.9 Å². The van der Waals surface area contributed by atoms with Crippen molar-refractivity contribution in [2.24, 2.45) is 11.8 Å². The molecule has 1 aliphatic rings. The largest absolute Gasteiger partial charge is 0.508 e. The Kier molecular flexibility index (Phi) is 23.1. The maximum absolute atomic E-state index is 12.2. The molecule has 0 heterocycles. The molecular formula is C34H64O6. The summed E-state index contributed by atoms with van der Waals surface area (Å²) in [7, 11) is 0. The molecule has 0 aromatic heterocycles. The molecule has 0 amide bonds. The molecule has 0 radical (unpaired) electrons. The fourth-order valence-corrected chi connectivity index (χ4v) is 5.39. The van der Waals surface area contributed by atoms with Gasteiger partial charge >= 0.3 is 12.3 Å². The molecule has 0 aromatic rings. The van der Waals surface area contributed by atoms with Crippen LogP contribution in [0.4, 0.5) is 9.59 Å². The van der Waals surface area contributed by atoms with Gasteiger partial charge in [0.25, 0.3) is 0 Å². The van der Waals surface area contributed by atoms with Crippen molar-refractivity contribution in [2.75, 3.05) is 13.2 Å². The van der Waals surface area contributed by atoms with Crippen LogP contribution in [-0.2, 0) is 18.9 Å². The van der Waals surface area contributed by atoms with Crippen LogP contribution in [0.15, 0.2) is 0 Å². The average Bonchev–Trinajstić information content (AvgIpc) is 2.91. The van der Waals surface area contributed by atoms with Crippen LogP contribution in [0.25, 0.3) is 0 Å². The Morgan fingerprint density at radius 3 is 1.12 bits per heavy atom. The Hall–Kier alpha value is -1.46. The van der Waals surface area contributed by atoms with E-state index in [0.717, 1.165) is 50.4 Å². The molecule has 0 spiro atoms. The highest BCUT2D eigenvalue weighted by Crippen LogP contribution is 2.25. The van der Waals surface area contributed by atoms with Gasteiger partial charge in [-0.3, -0.25) is 0 Å². The first-order valence-electron chi connectivity index (χ1n) is 17.0. The first kappa shape index (κ1) is 36.6. The van der Waals surface area contributed by atoms with Gasteiger partial charge in [0.2, 0.25) is 0 Å². The first-order chi connectivity index (χ1) is 19.4. The predicted molar refractivity (Wildman–Crippen MR) is 164 cm³/mol. The molecule has 2 unspecified atom stereocenters. The standard InChI is InChI=1S/C34H64O6/c1-29(2)23-17-13-9-5-7-11-15-21-27-37-33(35)39-31-25-19-20-26-32(31)40-34(36)38-28-22-16-12-8-6-10-14-18-24-30(3)4/h29-32H,5-28H2,1-4H3. The Morgan fingerprint density at radius 1 is 0.500 bits per heavy atom. The third-order valence-electron chi connectivity index (χ3n) is 7.93. The predicted octanol–water partition coefficient (Wildman–Crippen LogP) is 10.9. The highest BCUT2D eigenvalue weighted by Gasteiger charge is 2.32. The van der Waals surface area contributed by atoms with Crippen molar-refractivity contribution >= 4 is 12.3 Å². The van der Waals surface area contributed by atoms with Gasteiger partial charge in [0.05, 0.1) is 13.2 Å². The number of ether oxygens (including phenoxy) is 4. The summed E-state index contributed by atoms with van der Waals surface area (Å²) < 4.78 is 21.6. The molecular weight excluding hydrogens is 504 g/mol. The van der Waals surface area contributed by atoms with Gasteiger partial charge in [-0.1, -0.05) is 130 Å². The van der Waals surface area contributed by atoms with E-state index in [0.29, 0.717) is 26.1 Å². The summed E-state index contributed by atoms with van der Waals surface area (Å²) in [5.41, 5.74) is 0. The van der Waals surface area contributed by atoms with E-state index in [2.05, 4.69) is 27.7 Å². The van der Waals surface area contributed by atoms with Gasteiger partial charge in [-0.15, -0.1) is 0 Å². The normalized spacial score (nSPS) is 17.2. The van der Waals surface area contributed by atoms with Crippen LogP contribution in [0.1, 0.15) is 169 Å². The quantitative estimate of drug-likeness (QED) is 0.0851. The minimum atomic E-state index is -0.654. The molecule has 1 aliphatic carbocycles. The molecule has 6 nitrogen and oxygen atoms in total. The second-order valence-corrected chi connectivity index (χ2v) is 12.8. The van der Waals surface area contributed by atoms with Gasteiger partial charge in [0.1, 0.15) is 12.2 Å². The fraction of sp³-hybridized carbons (Fsp3) is 0.941. The molecule has 0 aromatic carbocycles.